The molecule has 126 valence electrons. The van der Waals surface area contributed by atoms with Crippen LogP contribution in [0.25, 0.3) is 0 Å². The zero-order valence-electron chi connectivity index (χ0n) is 13.6. The molecule has 0 bridgehead atoms. The third-order valence-corrected chi connectivity index (χ3v) is 3.68. The standard InChI is InChI=1S/C19H21NO4/c1-24-16-12-10-15(11-13-16)19(14-6-3-2-4-7-14)20-17(21)8-5-9-18(22)23/h2-4,6-7,10-13,19H,5,8-9H2,1H3,(H,20,21)(H,22,23). The van der Waals surface area contributed by atoms with Crippen LogP contribution < -0.4 is 10.1 Å². The van der Waals surface area contributed by atoms with Crippen molar-refractivity contribution in [3.05, 3.63) is 65.7 Å². The molecule has 0 spiro atoms. The van der Waals surface area contributed by atoms with Gasteiger partial charge in [-0.2, -0.15) is 0 Å². The number of amides is 1. The van der Waals surface area contributed by atoms with Crippen molar-refractivity contribution in [1.82, 2.24) is 5.32 Å². The molecule has 24 heavy (non-hydrogen) atoms. The van der Waals surface area contributed by atoms with Crippen LogP contribution in [-0.4, -0.2) is 24.1 Å². The summed E-state index contributed by atoms with van der Waals surface area (Å²) >= 11 is 0. The molecule has 1 amide bonds. The Morgan fingerprint density at radius 2 is 1.62 bits per heavy atom. The summed E-state index contributed by atoms with van der Waals surface area (Å²) in [4.78, 5) is 22.7. The molecule has 0 aliphatic rings. The van der Waals surface area contributed by atoms with Crippen LogP contribution >= 0.6 is 0 Å². The molecule has 1 unspecified atom stereocenters. The maximum Gasteiger partial charge on any atom is 0.303 e. The topological polar surface area (TPSA) is 75.6 Å². The highest BCUT2D eigenvalue weighted by Gasteiger charge is 2.17. The normalized spacial score (nSPS) is 11.5. The molecule has 5 nitrogen and oxygen atoms in total. The minimum Gasteiger partial charge on any atom is -0.497 e. The highest BCUT2D eigenvalue weighted by atomic mass is 16.5. The van der Waals surface area contributed by atoms with Crippen molar-refractivity contribution in [2.75, 3.05) is 7.11 Å². The number of rotatable bonds is 8. The Morgan fingerprint density at radius 3 is 2.21 bits per heavy atom. The van der Waals surface area contributed by atoms with E-state index < -0.39 is 5.97 Å². The van der Waals surface area contributed by atoms with Gasteiger partial charge in [-0.1, -0.05) is 42.5 Å². The largest absolute Gasteiger partial charge is 0.497 e. The van der Waals surface area contributed by atoms with Crippen molar-refractivity contribution in [3.63, 3.8) is 0 Å². The first kappa shape index (κ1) is 17.5. The number of methoxy groups -OCH3 is 1. The van der Waals surface area contributed by atoms with Crippen LogP contribution in [0.4, 0.5) is 0 Å². The van der Waals surface area contributed by atoms with Crippen LogP contribution in [0.15, 0.2) is 54.6 Å². The second kappa shape index (κ2) is 8.72. The zero-order chi connectivity index (χ0) is 17.4. The predicted octanol–water partition coefficient (Wildman–Crippen LogP) is 3.16. The van der Waals surface area contributed by atoms with Crippen molar-refractivity contribution >= 4 is 11.9 Å². The first-order chi connectivity index (χ1) is 11.6. The average molecular weight is 327 g/mol. The van der Waals surface area contributed by atoms with Gasteiger partial charge in [-0.15, -0.1) is 0 Å². The third-order valence-electron chi connectivity index (χ3n) is 3.68. The van der Waals surface area contributed by atoms with E-state index in [1.54, 1.807) is 7.11 Å². The second-order valence-electron chi connectivity index (χ2n) is 5.43. The fraction of sp³-hybridized carbons (Fsp3) is 0.263. The summed E-state index contributed by atoms with van der Waals surface area (Å²) in [6.45, 7) is 0. The van der Waals surface area contributed by atoms with E-state index in [0.29, 0.717) is 6.42 Å². The number of carbonyl (C=O) groups excluding carboxylic acids is 1. The molecule has 0 fully saturated rings. The molecule has 0 radical (unpaired) electrons. The van der Waals surface area contributed by atoms with Gasteiger partial charge in [0, 0.05) is 12.8 Å². The highest BCUT2D eigenvalue weighted by molar-refractivity contribution is 5.77. The summed E-state index contributed by atoms with van der Waals surface area (Å²) in [5.41, 5.74) is 1.91. The van der Waals surface area contributed by atoms with E-state index in [0.717, 1.165) is 16.9 Å². The van der Waals surface area contributed by atoms with Gasteiger partial charge in [0.25, 0.3) is 0 Å². The average Bonchev–Trinajstić information content (AvgIpc) is 2.60. The van der Waals surface area contributed by atoms with Crippen LogP contribution in [0.1, 0.15) is 36.4 Å². The van der Waals surface area contributed by atoms with Crippen molar-refractivity contribution in [1.29, 1.82) is 0 Å². The number of carboxylic acids is 1. The number of ether oxygens (including phenoxy) is 1. The lowest BCUT2D eigenvalue weighted by molar-refractivity contribution is -0.137. The molecular weight excluding hydrogens is 306 g/mol. The lowest BCUT2D eigenvalue weighted by atomic mass is 9.98. The number of hydrogen-bond donors (Lipinski definition) is 2. The summed E-state index contributed by atoms with van der Waals surface area (Å²) in [6.07, 6.45) is 0.503. The summed E-state index contributed by atoms with van der Waals surface area (Å²) < 4.78 is 5.17. The summed E-state index contributed by atoms with van der Waals surface area (Å²) in [5, 5.41) is 11.7. The van der Waals surface area contributed by atoms with Gasteiger partial charge in [-0.3, -0.25) is 9.59 Å². The van der Waals surface area contributed by atoms with E-state index in [2.05, 4.69) is 5.32 Å². The predicted molar refractivity (Wildman–Crippen MR) is 90.9 cm³/mol. The Morgan fingerprint density at radius 1 is 1.00 bits per heavy atom. The van der Waals surface area contributed by atoms with Gasteiger partial charge in [0.15, 0.2) is 0 Å². The van der Waals surface area contributed by atoms with E-state index in [-0.39, 0.29) is 24.8 Å². The van der Waals surface area contributed by atoms with Crippen LogP contribution in [0.3, 0.4) is 0 Å². The molecule has 0 saturated carbocycles. The molecule has 0 saturated heterocycles. The maximum atomic E-state index is 12.2. The van der Waals surface area contributed by atoms with Crippen LogP contribution in [0.2, 0.25) is 0 Å². The smallest absolute Gasteiger partial charge is 0.303 e. The Hall–Kier alpha value is -2.82. The number of benzene rings is 2. The van der Waals surface area contributed by atoms with E-state index in [4.69, 9.17) is 9.84 Å². The van der Waals surface area contributed by atoms with Crippen molar-refractivity contribution in [2.45, 2.75) is 25.3 Å². The quantitative estimate of drug-likeness (QED) is 0.781. The summed E-state index contributed by atoms with van der Waals surface area (Å²) in [5.74, 6) is -0.308. The fourth-order valence-corrected chi connectivity index (χ4v) is 2.43. The lowest BCUT2D eigenvalue weighted by Gasteiger charge is -2.20. The lowest BCUT2D eigenvalue weighted by Crippen LogP contribution is -2.29. The molecule has 1 atom stereocenters. The van der Waals surface area contributed by atoms with Gasteiger partial charge < -0.3 is 15.2 Å². The highest BCUT2D eigenvalue weighted by Crippen LogP contribution is 2.24. The number of nitrogens with one attached hydrogen (secondary N) is 1. The molecule has 2 aromatic rings. The number of hydrogen-bond acceptors (Lipinski definition) is 3. The molecule has 2 N–H and O–H groups in total. The molecule has 2 aromatic carbocycles. The molecule has 2 rings (SSSR count). The summed E-state index contributed by atoms with van der Waals surface area (Å²) in [6, 6.07) is 16.9. The zero-order valence-corrected chi connectivity index (χ0v) is 13.6. The summed E-state index contributed by atoms with van der Waals surface area (Å²) in [7, 11) is 1.61. The van der Waals surface area contributed by atoms with E-state index in [9.17, 15) is 9.59 Å². The molecule has 0 aliphatic carbocycles. The fourth-order valence-electron chi connectivity index (χ4n) is 2.43. The first-order valence-corrected chi connectivity index (χ1v) is 7.80. The van der Waals surface area contributed by atoms with Crippen LogP contribution in [-0.2, 0) is 9.59 Å². The van der Waals surface area contributed by atoms with Crippen molar-refractivity contribution < 1.29 is 19.4 Å². The SMILES string of the molecule is COc1ccc(C(NC(=O)CCCC(=O)O)c2ccccc2)cc1. The van der Waals surface area contributed by atoms with Crippen LogP contribution in [0, 0.1) is 0 Å². The van der Waals surface area contributed by atoms with E-state index in [1.807, 2.05) is 54.6 Å². The molecule has 0 aliphatic heterocycles. The van der Waals surface area contributed by atoms with Crippen molar-refractivity contribution in [3.8, 4) is 5.75 Å². The van der Waals surface area contributed by atoms with E-state index in [1.165, 1.54) is 0 Å². The Balaban J connectivity index is 2.14. The van der Waals surface area contributed by atoms with Gasteiger partial charge in [0.1, 0.15) is 5.75 Å². The van der Waals surface area contributed by atoms with Gasteiger partial charge >= 0.3 is 5.97 Å². The van der Waals surface area contributed by atoms with Crippen LogP contribution in [0.5, 0.6) is 5.75 Å². The minimum absolute atomic E-state index is 0.00798. The van der Waals surface area contributed by atoms with Gasteiger partial charge in [0.05, 0.1) is 13.2 Å². The second-order valence-corrected chi connectivity index (χ2v) is 5.43. The van der Waals surface area contributed by atoms with Gasteiger partial charge in [0.2, 0.25) is 5.91 Å². The third kappa shape index (κ3) is 5.12. The number of carboxylic acid groups (broad SMARTS) is 1. The van der Waals surface area contributed by atoms with Gasteiger partial charge in [-0.25, -0.2) is 0 Å². The molecular formula is C19H21NO4. The Labute approximate surface area is 141 Å². The van der Waals surface area contributed by atoms with Crippen molar-refractivity contribution in [2.24, 2.45) is 0 Å². The minimum atomic E-state index is -0.891. The number of carbonyl (C=O) groups is 2. The Kier molecular flexibility index (Phi) is 6.37. The first-order valence-electron chi connectivity index (χ1n) is 7.80. The Bertz CT molecular complexity index is 668. The van der Waals surface area contributed by atoms with Gasteiger partial charge in [-0.05, 0) is 29.7 Å². The molecule has 0 aromatic heterocycles. The molecule has 0 heterocycles. The maximum absolute atomic E-state index is 12.2. The number of aliphatic carboxylic acids is 1. The monoisotopic (exact) mass is 327 g/mol. The van der Waals surface area contributed by atoms with E-state index >= 15 is 0 Å². The molecule has 5 heteroatoms.